The Morgan fingerprint density at radius 2 is 1.62 bits per heavy atom. The van der Waals surface area contributed by atoms with Gasteiger partial charge >= 0.3 is 0 Å². The fraction of sp³-hybridized carbons (Fsp3) is 0.233. The van der Waals surface area contributed by atoms with Gasteiger partial charge in [-0.15, -0.1) is 0 Å². The summed E-state index contributed by atoms with van der Waals surface area (Å²) in [6.07, 6.45) is 3.82. The molecule has 188 valence electrons. The summed E-state index contributed by atoms with van der Waals surface area (Å²) >= 11 is 0. The number of carbonyl (C=O) groups is 2. The second kappa shape index (κ2) is 10.4. The normalized spacial score (nSPS) is 18.9. The maximum atomic E-state index is 13.9. The number of phenolic OH excluding ortho intramolecular Hbond substituents is 1. The lowest BCUT2D eigenvalue weighted by Gasteiger charge is -2.27. The Morgan fingerprint density at radius 3 is 2.32 bits per heavy atom. The molecule has 0 fully saturated rings. The third-order valence-corrected chi connectivity index (χ3v) is 6.92. The number of aromatic hydroxyl groups is 1. The molecule has 0 radical (unpaired) electrons. The number of hydrogen-bond donors (Lipinski definition) is 1. The van der Waals surface area contributed by atoms with Crippen LogP contribution in [-0.4, -0.2) is 71.4 Å². The van der Waals surface area contributed by atoms with Crippen molar-refractivity contribution in [1.29, 1.82) is 0 Å². The largest absolute Gasteiger partial charge is 0.504 e. The van der Waals surface area contributed by atoms with E-state index in [0.717, 1.165) is 17.0 Å². The molecule has 3 aromatic carbocycles. The molecular formula is C30H29N2O5+. The van der Waals surface area contributed by atoms with Gasteiger partial charge in [0, 0.05) is 24.3 Å². The van der Waals surface area contributed by atoms with E-state index in [1.54, 1.807) is 49.6 Å². The van der Waals surface area contributed by atoms with Crippen molar-refractivity contribution >= 4 is 23.5 Å². The third kappa shape index (κ3) is 4.54. The van der Waals surface area contributed by atoms with Crippen LogP contribution in [0.3, 0.4) is 0 Å². The first-order valence-electron chi connectivity index (χ1n) is 12.2. The lowest BCUT2D eigenvalue weighted by molar-refractivity contribution is -0.557. The van der Waals surface area contributed by atoms with Crippen LogP contribution in [0, 0.1) is 0 Å². The van der Waals surface area contributed by atoms with E-state index in [1.165, 1.54) is 7.11 Å². The maximum absolute atomic E-state index is 13.9. The summed E-state index contributed by atoms with van der Waals surface area (Å²) < 4.78 is 12.7. The topological polar surface area (TPSA) is 79.1 Å². The molecule has 0 amide bonds. The smallest absolute Gasteiger partial charge is 0.273 e. The van der Waals surface area contributed by atoms with Crippen molar-refractivity contribution in [2.45, 2.75) is 18.6 Å². The highest BCUT2D eigenvalue weighted by molar-refractivity contribution is 6.20. The van der Waals surface area contributed by atoms with Crippen LogP contribution in [0.1, 0.15) is 31.8 Å². The summed E-state index contributed by atoms with van der Waals surface area (Å²) in [5, 5.41) is 9.98. The molecule has 0 spiro atoms. The Bertz CT molecular complexity index is 1400. The zero-order valence-electron chi connectivity index (χ0n) is 20.8. The number of hydrogen-bond acceptors (Lipinski definition) is 6. The van der Waals surface area contributed by atoms with Gasteiger partial charge in [0.2, 0.25) is 23.7 Å². The van der Waals surface area contributed by atoms with E-state index in [4.69, 9.17) is 9.47 Å². The van der Waals surface area contributed by atoms with E-state index in [0.29, 0.717) is 36.6 Å². The molecule has 0 saturated heterocycles. The highest BCUT2D eigenvalue weighted by Gasteiger charge is 2.57. The summed E-state index contributed by atoms with van der Waals surface area (Å²) in [6, 6.07) is 20.8. The molecule has 2 aliphatic rings. The van der Waals surface area contributed by atoms with Gasteiger partial charge in [-0.1, -0.05) is 60.7 Å². The number of fused-ring (bicyclic) bond motifs is 2. The van der Waals surface area contributed by atoms with Gasteiger partial charge in [-0.25, -0.2) is 9.48 Å². The number of rotatable bonds is 8. The van der Waals surface area contributed by atoms with Crippen LogP contribution >= 0.6 is 0 Å². The van der Waals surface area contributed by atoms with Crippen LogP contribution < -0.4 is 4.74 Å². The monoisotopic (exact) mass is 497 g/mol. The van der Waals surface area contributed by atoms with E-state index >= 15 is 0 Å². The Hall–Kier alpha value is -4.23. The Kier molecular flexibility index (Phi) is 6.88. The second-order valence-electron chi connectivity index (χ2n) is 9.09. The van der Waals surface area contributed by atoms with Gasteiger partial charge in [-0.3, -0.25) is 9.59 Å². The molecule has 37 heavy (non-hydrogen) atoms. The van der Waals surface area contributed by atoms with Gasteiger partial charge < -0.3 is 14.6 Å². The SMILES string of the molecule is COCCN1C(/C=C/c2ccc(O)c(OC)c2)=[N+](Cc2ccccc2)C2C(=O)c3ccccc3C(=O)C21. The Balaban J connectivity index is 1.65. The van der Waals surface area contributed by atoms with E-state index < -0.39 is 12.1 Å². The van der Waals surface area contributed by atoms with Crippen LogP contribution in [0.4, 0.5) is 0 Å². The molecule has 0 bridgehead atoms. The third-order valence-electron chi connectivity index (χ3n) is 6.92. The molecule has 5 rings (SSSR count). The van der Waals surface area contributed by atoms with Crippen molar-refractivity contribution in [3.05, 3.63) is 101 Å². The molecule has 7 nitrogen and oxygen atoms in total. The number of amidine groups is 1. The first kappa shape index (κ1) is 24.5. The van der Waals surface area contributed by atoms with Gasteiger partial charge in [-0.2, -0.15) is 0 Å². The minimum Gasteiger partial charge on any atom is -0.504 e. The van der Waals surface area contributed by atoms with Gasteiger partial charge in [-0.05, 0) is 29.3 Å². The molecule has 7 heteroatoms. The number of carbonyl (C=O) groups excluding carboxylic acids is 2. The molecule has 0 aromatic heterocycles. The molecule has 1 aliphatic heterocycles. The minimum atomic E-state index is -0.659. The number of ketones is 2. The van der Waals surface area contributed by atoms with Crippen molar-refractivity contribution in [1.82, 2.24) is 4.90 Å². The molecule has 2 atom stereocenters. The predicted molar refractivity (Wildman–Crippen MR) is 140 cm³/mol. The average molecular weight is 498 g/mol. The first-order valence-corrected chi connectivity index (χ1v) is 12.2. The van der Waals surface area contributed by atoms with Gasteiger partial charge in [0.05, 0.1) is 13.7 Å². The fourth-order valence-electron chi connectivity index (χ4n) is 5.16. The number of benzene rings is 3. The van der Waals surface area contributed by atoms with Gasteiger partial charge in [0.15, 0.2) is 11.5 Å². The van der Waals surface area contributed by atoms with Gasteiger partial charge in [0.1, 0.15) is 13.1 Å². The molecule has 1 heterocycles. The summed E-state index contributed by atoms with van der Waals surface area (Å²) in [6.45, 7) is 1.31. The number of methoxy groups -OCH3 is 2. The number of nitrogens with zero attached hydrogens (tertiary/aromatic N) is 2. The zero-order valence-corrected chi connectivity index (χ0v) is 20.8. The van der Waals surface area contributed by atoms with Crippen molar-refractivity contribution in [3.63, 3.8) is 0 Å². The summed E-state index contributed by atoms with van der Waals surface area (Å²) in [7, 11) is 3.12. The van der Waals surface area contributed by atoms with Gasteiger partial charge in [0.25, 0.3) is 5.84 Å². The molecular weight excluding hydrogens is 468 g/mol. The summed E-state index contributed by atoms with van der Waals surface area (Å²) in [5.41, 5.74) is 2.77. The number of ether oxygens (including phenoxy) is 2. The highest BCUT2D eigenvalue weighted by atomic mass is 16.5. The van der Waals surface area contributed by atoms with E-state index in [2.05, 4.69) is 0 Å². The number of phenols is 1. The van der Waals surface area contributed by atoms with Crippen molar-refractivity contribution in [2.75, 3.05) is 27.4 Å². The van der Waals surface area contributed by atoms with Crippen molar-refractivity contribution < 1.29 is 28.7 Å². The van der Waals surface area contributed by atoms with E-state index in [9.17, 15) is 14.7 Å². The number of Topliss-reactive ketones (excluding diaryl/α,β-unsaturated/α-hetero) is 2. The second-order valence-corrected chi connectivity index (χ2v) is 9.09. The fourth-order valence-corrected chi connectivity index (χ4v) is 5.16. The minimum absolute atomic E-state index is 0.0561. The predicted octanol–water partition coefficient (Wildman–Crippen LogP) is 3.80. The molecule has 2 unspecified atom stereocenters. The van der Waals surface area contributed by atoms with Crippen LogP contribution in [-0.2, 0) is 11.3 Å². The summed E-state index contributed by atoms with van der Waals surface area (Å²) in [5.74, 6) is 1.06. The molecule has 1 N–H and O–H groups in total. The Labute approximate surface area is 215 Å². The lowest BCUT2D eigenvalue weighted by atomic mass is 9.82. The van der Waals surface area contributed by atoms with Crippen LogP contribution in [0.5, 0.6) is 11.5 Å². The van der Waals surface area contributed by atoms with Crippen LogP contribution in [0.25, 0.3) is 6.08 Å². The quantitative estimate of drug-likeness (QED) is 0.477. The van der Waals surface area contributed by atoms with E-state index in [1.807, 2.05) is 52.0 Å². The molecule has 0 saturated carbocycles. The zero-order chi connectivity index (χ0) is 25.9. The van der Waals surface area contributed by atoms with Crippen molar-refractivity contribution in [2.24, 2.45) is 0 Å². The van der Waals surface area contributed by atoms with Crippen molar-refractivity contribution in [3.8, 4) is 11.5 Å². The van der Waals surface area contributed by atoms with E-state index in [-0.39, 0.29) is 17.3 Å². The molecule has 1 aliphatic carbocycles. The molecule has 3 aromatic rings. The van der Waals surface area contributed by atoms with Crippen LogP contribution in [0.15, 0.2) is 78.9 Å². The Morgan fingerprint density at radius 1 is 0.919 bits per heavy atom. The summed E-state index contributed by atoms with van der Waals surface area (Å²) in [4.78, 5) is 29.7. The standard InChI is InChI=1S/C30H28N2O5/c1-36-17-16-31-26(15-13-20-12-14-24(33)25(18-20)37-2)32(19-21-8-4-3-5-9-21)28-27(31)29(34)22-10-6-7-11-23(22)30(28)35/h3-15,18,27-28H,16-17,19H2,1-2H3/p+1. The highest BCUT2D eigenvalue weighted by Crippen LogP contribution is 2.33. The maximum Gasteiger partial charge on any atom is 0.273 e. The van der Waals surface area contributed by atoms with Crippen LogP contribution in [0.2, 0.25) is 0 Å². The average Bonchev–Trinajstić information content (AvgIpc) is 3.23. The first-order chi connectivity index (χ1) is 18.0. The lowest BCUT2D eigenvalue weighted by Crippen LogP contribution is -2.53.